The average molecular weight is 281 g/mol. The molecule has 1 saturated heterocycles. The Morgan fingerprint density at radius 1 is 1.42 bits per heavy atom. The Kier molecular flexibility index (Phi) is 4.33. The Morgan fingerprint density at radius 2 is 2.11 bits per heavy atom. The number of rotatable bonds is 3. The normalized spacial score (nSPS) is 25.7. The lowest BCUT2D eigenvalue weighted by atomic mass is 9.92. The highest BCUT2D eigenvalue weighted by Crippen LogP contribution is 2.31. The van der Waals surface area contributed by atoms with Crippen LogP contribution in [0.2, 0.25) is 0 Å². The third-order valence-corrected chi connectivity index (χ3v) is 5.14. The maximum Gasteiger partial charge on any atom is 0.110 e. The van der Waals surface area contributed by atoms with Crippen molar-refractivity contribution in [3.05, 3.63) is 16.1 Å². The van der Waals surface area contributed by atoms with Gasteiger partial charge in [-0.05, 0) is 33.6 Å². The maximum absolute atomic E-state index is 4.59. The summed E-state index contributed by atoms with van der Waals surface area (Å²) < 4.78 is 0. The topological polar surface area (TPSA) is 28.2 Å². The lowest BCUT2D eigenvalue weighted by Crippen LogP contribution is -2.63. The molecule has 2 rings (SSSR count). The van der Waals surface area contributed by atoms with E-state index in [9.17, 15) is 0 Å². The minimum absolute atomic E-state index is 0.186. The van der Waals surface area contributed by atoms with E-state index < -0.39 is 0 Å². The molecule has 0 aliphatic carbocycles. The summed E-state index contributed by atoms with van der Waals surface area (Å²) in [6, 6.07) is 1.000. The fraction of sp³-hybridized carbons (Fsp3) is 0.800. The molecule has 0 aromatic carbocycles. The predicted molar refractivity (Wildman–Crippen MR) is 82.7 cm³/mol. The zero-order chi connectivity index (χ0) is 14.2. The number of piperazine rings is 1. The van der Waals surface area contributed by atoms with Crippen LogP contribution in [0.4, 0.5) is 0 Å². The van der Waals surface area contributed by atoms with Crippen LogP contribution in [-0.2, 0) is 0 Å². The van der Waals surface area contributed by atoms with Crippen molar-refractivity contribution in [3.63, 3.8) is 0 Å². The predicted octanol–water partition coefficient (Wildman–Crippen LogP) is 3.22. The highest BCUT2D eigenvalue weighted by molar-refractivity contribution is 7.11. The standard InChI is InChI=1S/C15H27N3S/c1-10(2)13-8-17-15(5,6)9-18(13)12(4)14-16-7-11(3)19-14/h7,10,12-13,17H,8-9H2,1-6H3. The van der Waals surface area contributed by atoms with Gasteiger partial charge in [0.15, 0.2) is 0 Å². The van der Waals surface area contributed by atoms with Crippen molar-refractivity contribution in [2.45, 2.75) is 59.2 Å². The van der Waals surface area contributed by atoms with Crippen LogP contribution in [0.3, 0.4) is 0 Å². The van der Waals surface area contributed by atoms with Crippen LogP contribution < -0.4 is 5.32 Å². The number of hydrogen-bond acceptors (Lipinski definition) is 4. The summed E-state index contributed by atoms with van der Waals surface area (Å²) in [6.45, 7) is 15.8. The number of nitrogens with zero attached hydrogens (tertiary/aromatic N) is 2. The number of thiazole rings is 1. The van der Waals surface area contributed by atoms with Gasteiger partial charge in [0, 0.05) is 35.7 Å². The van der Waals surface area contributed by atoms with E-state index in [0.717, 1.165) is 13.1 Å². The van der Waals surface area contributed by atoms with Crippen LogP contribution in [0.25, 0.3) is 0 Å². The maximum atomic E-state index is 4.59. The van der Waals surface area contributed by atoms with Crippen LogP contribution in [0.5, 0.6) is 0 Å². The van der Waals surface area contributed by atoms with Gasteiger partial charge >= 0.3 is 0 Å². The molecule has 0 amide bonds. The van der Waals surface area contributed by atoms with Crippen LogP contribution in [0.15, 0.2) is 6.20 Å². The second-order valence-corrected chi connectivity index (χ2v) is 8.00. The Hall–Kier alpha value is -0.450. The first kappa shape index (κ1) is 14.9. The summed E-state index contributed by atoms with van der Waals surface area (Å²) in [4.78, 5) is 8.53. The molecule has 2 atom stereocenters. The van der Waals surface area contributed by atoms with Crippen molar-refractivity contribution in [2.24, 2.45) is 5.92 Å². The molecule has 2 unspecified atom stereocenters. The Bertz CT molecular complexity index is 425. The first-order valence-corrected chi connectivity index (χ1v) is 8.05. The van der Waals surface area contributed by atoms with E-state index in [1.807, 2.05) is 17.5 Å². The molecule has 1 aromatic heterocycles. The fourth-order valence-corrected chi connectivity index (χ4v) is 3.72. The van der Waals surface area contributed by atoms with Gasteiger partial charge in [-0.2, -0.15) is 0 Å². The molecule has 1 fully saturated rings. The number of aromatic nitrogens is 1. The average Bonchev–Trinajstić information content (AvgIpc) is 2.73. The summed E-state index contributed by atoms with van der Waals surface area (Å²) in [5, 5.41) is 4.92. The molecule has 1 aliphatic rings. The van der Waals surface area contributed by atoms with Gasteiger partial charge in [-0.1, -0.05) is 13.8 Å². The Morgan fingerprint density at radius 3 is 2.63 bits per heavy atom. The molecular weight excluding hydrogens is 254 g/mol. The second-order valence-electron chi connectivity index (χ2n) is 6.73. The molecule has 108 valence electrons. The van der Waals surface area contributed by atoms with E-state index in [-0.39, 0.29) is 5.54 Å². The van der Waals surface area contributed by atoms with Crippen molar-refractivity contribution >= 4 is 11.3 Å². The van der Waals surface area contributed by atoms with Crippen LogP contribution in [-0.4, -0.2) is 34.6 Å². The van der Waals surface area contributed by atoms with Gasteiger partial charge in [0.25, 0.3) is 0 Å². The van der Waals surface area contributed by atoms with E-state index in [4.69, 9.17) is 0 Å². The largest absolute Gasteiger partial charge is 0.309 e. The lowest BCUT2D eigenvalue weighted by Gasteiger charge is -2.48. The number of nitrogens with one attached hydrogen (secondary N) is 1. The molecule has 1 aliphatic heterocycles. The zero-order valence-electron chi connectivity index (χ0n) is 13.0. The zero-order valence-corrected chi connectivity index (χ0v) is 13.8. The molecule has 1 N–H and O–H groups in total. The van der Waals surface area contributed by atoms with Gasteiger partial charge in [-0.25, -0.2) is 4.98 Å². The summed E-state index contributed by atoms with van der Waals surface area (Å²) >= 11 is 1.83. The Balaban J connectivity index is 2.21. The van der Waals surface area contributed by atoms with Gasteiger partial charge in [0.1, 0.15) is 5.01 Å². The summed E-state index contributed by atoms with van der Waals surface area (Å²) in [6.07, 6.45) is 1.99. The van der Waals surface area contributed by atoms with Crippen molar-refractivity contribution < 1.29 is 0 Å². The van der Waals surface area contributed by atoms with E-state index in [1.54, 1.807) is 0 Å². The molecular formula is C15H27N3S. The van der Waals surface area contributed by atoms with Crippen molar-refractivity contribution in [3.8, 4) is 0 Å². The third-order valence-electron chi connectivity index (χ3n) is 4.06. The van der Waals surface area contributed by atoms with Gasteiger partial charge in [0.2, 0.25) is 0 Å². The molecule has 3 nitrogen and oxygen atoms in total. The van der Waals surface area contributed by atoms with Crippen LogP contribution in [0, 0.1) is 12.8 Å². The summed E-state index contributed by atoms with van der Waals surface area (Å²) in [5.74, 6) is 0.659. The van der Waals surface area contributed by atoms with E-state index in [0.29, 0.717) is 18.0 Å². The lowest BCUT2D eigenvalue weighted by molar-refractivity contribution is 0.0370. The first-order chi connectivity index (χ1) is 8.80. The molecule has 19 heavy (non-hydrogen) atoms. The number of hydrogen-bond donors (Lipinski definition) is 1. The monoisotopic (exact) mass is 281 g/mol. The molecule has 2 heterocycles. The van der Waals surface area contributed by atoms with E-state index in [1.165, 1.54) is 9.88 Å². The van der Waals surface area contributed by atoms with Crippen molar-refractivity contribution in [1.82, 2.24) is 15.2 Å². The van der Waals surface area contributed by atoms with Crippen molar-refractivity contribution in [2.75, 3.05) is 13.1 Å². The fourth-order valence-electron chi connectivity index (χ4n) is 2.88. The highest BCUT2D eigenvalue weighted by atomic mass is 32.1. The molecule has 0 saturated carbocycles. The Labute approximate surface area is 121 Å². The molecule has 0 spiro atoms. The van der Waals surface area contributed by atoms with Gasteiger partial charge in [-0.15, -0.1) is 11.3 Å². The van der Waals surface area contributed by atoms with Gasteiger partial charge < -0.3 is 5.32 Å². The second kappa shape index (κ2) is 5.51. The number of aryl methyl sites for hydroxylation is 1. The quantitative estimate of drug-likeness (QED) is 0.922. The third kappa shape index (κ3) is 3.36. The van der Waals surface area contributed by atoms with Crippen LogP contribution >= 0.6 is 11.3 Å². The minimum atomic E-state index is 0.186. The first-order valence-electron chi connectivity index (χ1n) is 7.23. The van der Waals surface area contributed by atoms with Crippen molar-refractivity contribution in [1.29, 1.82) is 0 Å². The van der Waals surface area contributed by atoms with Gasteiger partial charge in [0.05, 0.1) is 6.04 Å². The van der Waals surface area contributed by atoms with E-state index >= 15 is 0 Å². The summed E-state index contributed by atoms with van der Waals surface area (Å²) in [5.41, 5.74) is 0.186. The molecule has 4 heteroatoms. The van der Waals surface area contributed by atoms with Crippen LogP contribution in [0.1, 0.15) is 50.5 Å². The minimum Gasteiger partial charge on any atom is -0.309 e. The van der Waals surface area contributed by atoms with Gasteiger partial charge in [-0.3, -0.25) is 4.90 Å². The highest BCUT2D eigenvalue weighted by Gasteiger charge is 2.37. The summed E-state index contributed by atoms with van der Waals surface area (Å²) in [7, 11) is 0. The smallest absolute Gasteiger partial charge is 0.110 e. The molecule has 0 radical (unpaired) electrons. The van der Waals surface area contributed by atoms with E-state index in [2.05, 4.69) is 56.7 Å². The molecule has 0 bridgehead atoms. The SMILES string of the molecule is Cc1cnc(C(C)N2CC(C)(C)NCC2C(C)C)s1. The molecule has 1 aromatic rings.